The van der Waals surface area contributed by atoms with Gasteiger partial charge in [-0.05, 0) is 104 Å². The molecule has 0 saturated heterocycles. The lowest BCUT2D eigenvalue weighted by Crippen LogP contribution is -2.25. The monoisotopic (exact) mass is 408 g/mol. The molecule has 0 spiro atoms. The van der Waals surface area contributed by atoms with E-state index in [2.05, 4.69) is 36.9 Å². The summed E-state index contributed by atoms with van der Waals surface area (Å²) in [6.07, 6.45) is 15.6. The van der Waals surface area contributed by atoms with E-state index in [0.29, 0.717) is 5.92 Å². The van der Waals surface area contributed by atoms with Crippen LogP contribution in [0.1, 0.15) is 75.7 Å². The van der Waals surface area contributed by atoms with Gasteiger partial charge in [0.05, 0.1) is 0 Å². The van der Waals surface area contributed by atoms with E-state index in [-0.39, 0.29) is 0 Å². The van der Waals surface area contributed by atoms with Crippen LogP contribution in [0.25, 0.3) is 11.1 Å². The molecule has 0 atom stereocenters. The van der Waals surface area contributed by atoms with Crippen LogP contribution in [0.5, 0.6) is 0 Å². The second-order valence-corrected chi connectivity index (χ2v) is 9.51. The van der Waals surface area contributed by atoms with Gasteiger partial charge in [0.2, 0.25) is 0 Å². The van der Waals surface area contributed by atoms with Gasteiger partial charge >= 0.3 is 0 Å². The summed E-state index contributed by atoms with van der Waals surface area (Å²) in [5.74, 6) is 1.86. The van der Waals surface area contributed by atoms with Gasteiger partial charge in [0.25, 0.3) is 0 Å². The second kappa shape index (κ2) is 9.90. The summed E-state index contributed by atoms with van der Waals surface area (Å²) in [4.78, 5) is 0. The van der Waals surface area contributed by atoms with Crippen molar-refractivity contribution >= 4 is 0 Å². The Morgan fingerprint density at radius 3 is 1.93 bits per heavy atom. The number of allylic oxidation sites excluding steroid dienone is 1. The predicted octanol–water partition coefficient (Wildman–Crippen LogP) is 8.68. The van der Waals surface area contributed by atoms with Crippen LogP contribution in [0.4, 0.5) is 8.78 Å². The maximum atomic E-state index is 13.5. The molecule has 0 aliphatic heterocycles. The normalized spacial score (nSPS) is 27.0. The average Bonchev–Trinajstić information content (AvgIpc) is 2.80. The predicted molar refractivity (Wildman–Crippen MR) is 121 cm³/mol. The first kappa shape index (κ1) is 21.3. The fourth-order valence-corrected chi connectivity index (χ4v) is 5.85. The first-order chi connectivity index (χ1) is 14.6. The zero-order chi connectivity index (χ0) is 20.9. The summed E-state index contributed by atoms with van der Waals surface area (Å²) < 4.78 is 26.7. The van der Waals surface area contributed by atoms with Crippen LogP contribution in [0.15, 0.2) is 55.1 Å². The molecule has 2 aromatic carbocycles. The van der Waals surface area contributed by atoms with E-state index in [4.69, 9.17) is 0 Å². The summed E-state index contributed by atoms with van der Waals surface area (Å²) in [6, 6.07) is 12.6. The molecule has 0 aromatic heterocycles. The average molecular weight is 409 g/mol. The zero-order valence-electron chi connectivity index (χ0n) is 18.0. The smallest absolute Gasteiger partial charge is 0.159 e. The van der Waals surface area contributed by atoms with Gasteiger partial charge in [-0.2, -0.15) is 0 Å². The number of halogens is 2. The largest absolute Gasteiger partial charge is 0.204 e. The third-order valence-electron chi connectivity index (χ3n) is 7.74. The highest BCUT2D eigenvalue weighted by Crippen LogP contribution is 2.44. The van der Waals surface area contributed by atoms with Crippen LogP contribution in [0.2, 0.25) is 0 Å². The van der Waals surface area contributed by atoms with E-state index >= 15 is 0 Å². The van der Waals surface area contributed by atoms with Crippen LogP contribution in [-0.2, 0) is 0 Å². The summed E-state index contributed by atoms with van der Waals surface area (Å²) in [7, 11) is 0. The van der Waals surface area contributed by atoms with Gasteiger partial charge in [-0.25, -0.2) is 8.78 Å². The maximum Gasteiger partial charge on any atom is 0.159 e. The molecule has 0 nitrogen and oxygen atoms in total. The van der Waals surface area contributed by atoms with Gasteiger partial charge in [0.1, 0.15) is 0 Å². The van der Waals surface area contributed by atoms with Crippen molar-refractivity contribution in [3.8, 4) is 11.1 Å². The van der Waals surface area contributed by atoms with Crippen LogP contribution in [-0.4, -0.2) is 0 Å². The molecule has 0 radical (unpaired) electrons. The maximum absolute atomic E-state index is 13.5. The molecule has 2 heteroatoms. The SMILES string of the molecule is C=CCC[C@H]1CC[C@H](C2CCC(c3ccc(-c4ccc(F)c(F)c4)cc3)CC2)CC1. The molecule has 0 amide bonds. The Kier molecular flexibility index (Phi) is 7.02. The van der Waals surface area contributed by atoms with Crippen molar-refractivity contribution in [1.29, 1.82) is 0 Å². The van der Waals surface area contributed by atoms with Crippen LogP contribution in [0.3, 0.4) is 0 Å². The van der Waals surface area contributed by atoms with Crippen molar-refractivity contribution < 1.29 is 8.78 Å². The summed E-state index contributed by atoms with van der Waals surface area (Å²) in [6.45, 7) is 3.86. The Labute approximate surface area is 180 Å². The number of rotatable bonds is 6. The lowest BCUT2D eigenvalue weighted by Gasteiger charge is -2.38. The molecule has 0 N–H and O–H groups in total. The Bertz CT molecular complexity index is 822. The molecule has 2 aliphatic rings. The minimum Gasteiger partial charge on any atom is -0.204 e. The molecule has 0 unspecified atom stereocenters. The van der Waals surface area contributed by atoms with Crippen LogP contribution >= 0.6 is 0 Å². The van der Waals surface area contributed by atoms with Crippen molar-refractivity contribution in [2.75, 3.05) is 0 Å². The van der Waals surface area contributed by atoms with E-state index < -0.39 is 11.6 Å². The van der Waals surface area contributed by atoms with Gasteiger partial charge < -0.3 is 0 Å². The summed E-state index contributed by atoms with van der Waals surface area (Å²) in [5, 5.41) is 0. The highest BCUT2D eigenvalue weighted by molar-refractivity contribution is 5.63. The quantitative estimate of drug-likeness (QED) is 0.419. The van der Waals surface area contributed by atoms with E-state index in [1.807, 2.05) is 0 Å². The Balaban J connectivity index is 1.29. The third kappa shape index (κ3) is 5.02. The van der Waals surface area contributed by atoms with E-state index in [1.54, 1.807) is 6.07 Å². The first-order valence-corrected chi connectivity index (χ1v) is 11.8. The minimum atomic E-state index is -0.794. The summed E-state index contributed by atoms with van der Waals surface area (Å²) >= 11 is 0. The van der Waals surface area contributed by atoms with E-state index in [0.717, 1.165) is 28.9 Å². The molecule has 160 valence electrons. The fourth-order valence-electron chi connectivity index (χ4n) is 5.85. The Morgan fingerprint density at radius 1 is 0.733 bits per heavy atom. The lowest BCUT2D eigenvalue weighted by atomic mass is 9.68. The van der Waals surface area contributed by atoms with Crippen LogP contribution in [0, 0.1) is 29.4 Å². The van der Waals surface area contributed by atoms with Gasteiger partial charge in [-0.1, -0.05) is 49.2 Å². The summed E-state index contributed by atoms with van der Waals surface area (Å²) in [5.41, 5.74) is 3.07. The molecule has 2 aliphatic carbocycles. The lowest BCUT2D eigenvalue weighted by molar-refractivity contribution is 0.157. The van der Waals surface area contributed by atoms with Gasteiger partial charge in [-0.3, -0.25) is 0 Å². The van der Waals surface area contributed by atoms with Crippen molar-refractivity contribution in [3.05, 3.63) is 72.3 Å². The molecule has 4 rings (SSSR count). The molecular weight excluding hydrogens is 374 g/mol. The highest BCUT2D eigenvalue weighted by atomic mass is 19.2. The second-order valence-electron chi connectivity index (χ2n) is 9.51. The minimum absolute atomic E-state index is 0.643. The Morgan fingerprint density at radius 2 is 1.33 bits per heavy atom. The van der Waals surface area contributed by atoms with Crippen molar-refractivity contribution in [1.82, 2.24) is 0 Å². The third-order valence-corrected chi connectivity index (χ3v) is 7.74. The van der Waals surface area contributed by atoms with Crippen LogP contribution < -0.4 is 0 Å². The van der Waals surface area contributed by atoms with Gasteiger partial charge in [0.15, 0.2) is 11.6 Å². The van der Waals surface area contributed by atoms with Gasteiger partial charge in [0, 0.05) is 0 Å². The first-order valence-electron chi connectivity index (χ1n) is 11.8. The number of hydrogen-bond donors (Lipinski definition) is 0. The molecule has 0 bridgehead atoms. The molecular formula is C28H34F2. The zero-order valence-corrected chi connectivity index (χ0v) is 18.0. The van der Waals surface area contributed by atoms with E-state index in [9.17, 15) is 8.78 Å². The topological polar surface area (TPSA) is 0 Å². The Hall–Kier alpha value is -1.96. The molecule has 2 fully saturated rings. The van der Waals surface area contributed by atoms with Crippen molar-refractivity contribution in [3.63, 3.8) is 0 Å². The highest BCUT2D eigenvalue weighted by Gasteiger charge is 2.31. The molecule has 2 saturated carbocycles. The van der Waals surface area contributed by atoms with Gasteiger partial charge in [-0.15, -0.1) is 6.58 Å². The van der Waals surface area contributed by atoms with Crippen molar-refractivity contribution in [2.24, 2.45) is 17.8 Å². The van der Waals surface area contributed by atoms with Crippen molar-refractivity contribution in [2.45, 2.75) is 70.1 Å². The molecule has 2 aromatic rings. The van der Waals surface area contributed by atoms with E-state index in [1.165, 1.54) is 81.9 Å². The molecule has 0 heterocycles. The number of benzene rings is 2. The molecule has 30 heavy (non-hydrogen) atoms. The fraction of sp³-hybridized carbons (Fsp3) is 0.500. The standard InChI is InChI=1S/C28H34F2/c1-2-3-4-20-5-7-21(8-6-20)22-9-11-23(12-10-22)24-13-15-25(16-14-24)26-17-18-27(29)28(30)19-26/h2,13-23H,1,3-12H2/t20-,21-,22?,23?. The number of hydrogen-bond acceptors (Lipinski definition) is 0.